The van der Waals surface area contributed by atoms with Crippen molar-refractivity contribution in [3.8, 4) is 5.75 Å². The molecule has 2 nitrogen and oxygen atoms in total. The van der Waals surface area contributed by atoms with E-state index in [-0.39, 0.29) is 5.41 Å². The highest BCUT2D eigenvalue weighted by atomic mass is 16.5. The van der Waals surface area contributed by atoms with Crippen LogP contribution in [0.15, 0.2) is 24.3 Å². The van der Waals surface area contributed by atoms with Crippen molar-refractivity contribution in [1.29, 1.82) is 0 Å². The van der Waals surface area contributed by atoms with Crippen LogP contribution in [0.25, 0.3) is 0 Å². The van der Waals surface area contributed by atoms with Gasteiger partial charge in [-0.15, -0.1) is 0 Å². The van der Waals surface area contributed by atoms with Crippen LogP contribution >= 0.6 is 0 Å². The summed E-state index contributed by atoms with van der Waals surface area (Å²) in [5.74, 6) is 2.51. The molecule has 3 atom stereocenters. The topological polar surface area (TPSA) is 21.3 Å². The summed E-state index contributed by atoms with van der Waals surface area (Å²) in [6.07, 6.45) is 3.92. The summed E-state index contributed by atoms with van der Waals surface area (Å²) in [6, 6.07) is 9.12. The zero-order valence-corrected chi connectivity index (χ0v) is 14.3. The van der Waals surface area contributed by atoms with Crippen LogP contribution < -0.4 is 10.1 Å². The first kappa shape index (κ1) is 16.4. The molecule has 1 fully saturated rings. The lowest BCUT2D eigenvalue weighted by Gasteiger charge is -2.45. The zero-order chi connectivity index (χ0) is 15.5. The molecule has 0 aliphatic heterocycles. The van der Waals surface area contributed by atoms with Gasteiger partial charge in [0.2, 0.25) is 0 Å². The van der Waals surface area contributed by atoms with Gasteiger partial charge in [-0.05, 0) is 42.7 Å². The minimum absolute atomic E-state index is 0.125. The van der Waals surface area contributed by atoms with E-state index in [0.29, 0.717) is 12.0 Å². The largest absolute Gasteiger partial charge is 0.496 e. The maximum atomic E-state index is 5.62. The summed E-state index contributed by atoms with van der Waals surface area (Å²) >= 11 is 0. The van der Waals surface area contributed by atoms with Gasteiger partial charge in [0, 0.05) is 11.6 Å². The smallest absolute Gasteiger partial charge is 0.122 e. The highest BCUT2D eigenvalue weighted by molar-refractivity contribution is 5.39. The number of hydrogen-bond donors (Lipinski definition) is 1. The van der Waals surface area contributed by atoms with Gasteiger partial charge in [0.15, 0.2) is 0 Å². The second-order valence-corrected chi connectivity index (χ2v) is 7.11. The number of nitrogens with one attached hydrogen (secondary N) is 1. The Balaban J connectivity index is 2.31. The minimum Gasteiger partial charge on any atom is -0.496 e. The van der Waals surface area contributed by atoms with Gasteiger partial charge in [0.25, 0.3) is 0 Å². The first-order valence-electron chi connectivity index (χ1n) is 8.37. The number of ether oxygens (including phenoxy) is 1. The third kappa shape index (κ3) is 3.42. The Morgan fingerprint density at radius 2 is 1.95 bits per heavy atom. The van der Waals surface area contributed by atoms with Crippen molar-refractivity contribution in [1.82, 2.24) is 5.32 Å². The molecule has 1 aliphatic carbocycles. The standard InChI is InChI=1S/C19H31NO/c1-6-20-17-13-14(2)11-12-15(17)19(3,4)16-9-7-8-10-18(16)21-5/h7-10,14-15,17,20H,6,11-13H2,1-5H3. The molecule has 1 aromatic carbocycles. The lowest BCUT2D eigenvalue weighted by Crippen LogP contribution is -2.48. The van der Waals surface area contributed by atoms with Crippen molar-refractivity contribution in [2.75, 3.05) is 13.7 Å². The molecule has 0 bridgehead atoms. The van der Waals surface area contributed by atoms with Crippen molar-refractivity contribution >= 4 is 0 Å². The lowest BCUT2D eigenvalue weighted by atomic mass is 9.63. The van der Waals surface area contributed by atoms with E-state index >= 15 is 0 Å². The van der Waals surface area contributed by atoms with E-state index in [9.17, 15) is 0 Å². The van der Waals surface area contributed by atoms with Crippen molar-refractivity contribution in [2.45, 2.75) is 58.4 Å². The van der Waals surface area contributed by atoms with Gasteiger partial charge in [-0.3, -0.25) is 0 Å². The van der Waals surface area contributed by atoms with Crippen LogP contribution in [0.3, 0.4) is 0 Å². The van der Waals surface area contributed by atoms with E-state index in [4.69, 9.17) is 4.74 Å². The third-order valence-electron chi connectivity index (χ3n) is 5.31. The number of benzene rings is 1. The fourth-order valence-electron chi connectivity index (χ4n) is 4.11. The molecule has 0 spiro atoms. The van der Waals surface area contributed by atoms with Crippen LogP contribution in [0.4, 0.5) is 0 Å². The molecule has 0 amide bonds. The highest BCUT2D eigenvalue weighted by Crippen LogP contribution is 2.44. The molecule has 21 heavy (non-hydrogen) atoms. The Hall–Kier alpha value is -1.02. The zero-order valence-electron chi connectivity index (χ0n) is 14.3. The predicted octanol–water partition coefficient (Wildman–Crippen LogP) is 4.39. The number of methoxy groups -OCH3 is 1. The Bertz CT molecular complexity index is 455. The highest BCUT2D eigenvalue weighted by Gasteiger charge is 2.40. The van der Waals surface area contributed by atoms with Gasteiger partial charge in [-0.1, -0.05) is 52.3 Å². The van der Waals surface area contributed by atoms with Crippen LogP contribution in [0.2, 0.25) is 0 Å². The molecule has 0 saturated heterocycles. The van der Waals surface area contributed by atoms with Crippen molar-refractivity contribution in [3.05, 3.63) is 29.8 Å². The third-order valence-corrected chi connectivity index (χ3v) is 5.31. The van der Waals surface area contributed by atoms with Crippen LogP contribution in [0, 0.1) is 11.8 Å². The van der Waals surface area contributed by atoms with Gasteiger partial charge < -0.3 is 10.1 Å². The molecular formula is C19H31NO. The quantitative estimate of drug-likeness (QED) is 0.868. The molecule has 0 aromatic heterocycles. The average Bonchev–Trinajstić information content (AvgIpc) is 2.47. The summed E-state index contributed by atoms with van der Waals surface area (Å²) in [4.78, 5) is 0. The Kier molecular flexibility index (Phi) is 5.32. The van der Waals surface area contributed by atoms with E-state index in [2.05, 4.69) is 57.3 Å². The van der Waals surface area contributed by atoms with E-state index in [1.54, 1.807) is 7.11 Å². The van der Waals surface area contributed by atoms with Gasteiger partial charge in [0.05, 0.1) is 7.11 Å². The minimum atomic E-state index is 0.125. The maximum absolute atomic E-state index is 5.62. The fraction of sp³-hybridized carbons (Fsp3) is 0.684. The monoisotopic (exact) mass is 289 g/mol. The maximum Gasteiger partial charge on any atom is 0.122 e. The summed E-state index contributed by atoms with van der Waals surface area (Å²) in [5, 5.41) is 3.74. The second kappa shape index (κ2) is 6.83. The molecule has 1 N–H and O–H groups in total. The summed E-state index contributed by atoms with van der Waals surface area (Å²) < 4.78 is 5.62. The van der Waals surface area contributed by atoms with Gasteiger partial charge in [-0.2, -0.15) is 0 Å². The number of rotatable bonds is 5. The Morgan fingerprint density at radius 3 is 2.62 bits per heavy atom. The molecule has 1 aromatic rings. The lowest BCUT2D eigenvalue weighted by molar-refractivity contribution is 0.145. The Morgan fingerprint density at radius 1 is 1.24 bits per heavy atom. The molecule has 1 aliphatic rings. The van der Waals surface area contributed by atoms with Gasteiger partial charge >= 0.3 is 0 Å². The average molecular weight is 289 g/mol. The van der Waals surface area contributed by atoms with Gasteiger partial charge in [-0.25, -0.2) is 0 Å². The second-order valence-electron chi connectivity index (χ2n) is 7.11. The van der Waals surface area contributed by atoms with Crippen LogP contribution in [-0.2, 0) is 5.41 Å². The molecule has 0 heterocycles. The van der Waals surface area contributed by atoms with E-state index in [1.807, 2.05) is 0 Å². The molecule has 0 radical (unpaired) electrons. The predicted molar refractivity (Wildman–Crippen MR) is 90.0 cm³/mol. The first-order valence-corrected chi connectivity index (χ1v) is 8.37. The summed E-state index contributed by atoms with van der Waals surface area (Å²) in [7, 11) is 1.78. The molecule has 1 saturated carbocycles. The molecular weight excluding hydrogens is 258 g/mol. The number of hydrogen-bond acceptors (Lipinski definition) is 2. The van der Waals surface area contributed by atoms with E-state index < -0.39 is 0 Å². The normalized spacial score (nSPS) is 26.6. The van der Waals surface area contributed by atoms with E-state index in [1.165, 1.54) is 24.8 Å². The number of para-hydroxylation sites is 1. The van der Waals surface area contributed by atoms with Gasteiger partial charge in [0.1, 0.15) is 5.75 Å². The summed E-state index contributed by atoms with van der Waals surface area (Å²) in [6.45, 7) is 10.4. The molecule has 2 heteroatoms. The Labute approximate surface area is 130 Å². The van der Waals surface area contributed by atoms with Crippen molar-refractivity contribution in [2.24, 2.45) is 11.8 Å². The molecule has 118 valence electrons. The molecule has 2 rings (SSSR count). The van der Waals surface area contributed by atoms with Crippen molar-refractivity contribution < 1.29 is 4.74 Å². The summed E-state index contributed by atoms with van der Waals surface area (Å²) in [5.41, 5.74) is 1.47. The van der Waals surface area contributed by atoms with Crippen LogP contribution in [0.5, 0.6) is 5.75 Å². The van der Waals surface area contributed by atoms with Crippen LogP contribution in [0.1, 0.15) is 52.5 Å². The van der Waals surface area contributed by atoms with Crippen molar-refractivity contribution in [3.63, 3.8) is 0 Å². The first-order chi connectivity index (χ1) is 10.0. The van der Waals surface area contributed by atoms with Crippen LogP contribution in [-0.4, -0.2) is 19.7 Å². The fourth-order valence-corrected chi connectivity index (χ4v) is 4.11. The molecule has 3 unspecified atom stereocenters. The van der Waals surface area contributed by atoms with E-state index in [0.717, 1.165) is 18.2 Å². The SMILES string of the molecule is CCNC1CC(C)CCC1C(C)(C)c1ccccc1OC.